The van der Waals surface area contributed by atoms with Crippen molar-refractivity contribution in [3.63, 3.8) is 0 Å². The standard InChI is InChI=1S/C21H25FN4O4S/c1-14(25-31(29,30)19-9-5-2-6-16(19)22)21(28)24-17-7-3-4-8-18(17)26-12-10-15(11-13-26)20(23)27/h2-9,14-15,25H,10-13H2,1H3,(H2,23,27)(H,24,28)/t14-/m0/s1. The summed E-state index contributed by atoms with van der Waals surface area (Å²) in [5.41, 5.74) is 6.67. The number of para-hydroxylation sites is 2. The number of primary amides is 1. The van der Waals surface area contributed by atoms with Crippen LogP contribution >= 0.6 is 0 Å². The summed E-state index contributed by atoms with van der Waals surface area (Å²) in [6.07, 6.45) is 1.24. The van der Waals surface area contributed by atoms with Gasteiger partial charge in [-0.3, -0.25) is 9.59 Å². The maximum Gasteiger partial charge on any atom is 0.244 e. The van der Waals surface area contributed by atoms with E-state index < -0.39 is 32.7 Å². The van der Waals surface area contributed by atoms with Crippen molar-refractivity contribution in [1.29, 1.82) is 0 Å². The number of piperidine rings is 1. The second-order valence-electron chi connectivity index (χ2n) is 7.44. The lowest BCUT2D eigenvalue weighted by Crippen LogP contribution is -2.42. The molecule has 1 heterocycles. The number of nitrogens with zero attached hydrogens (tertiary/aromatic N) is 1. The molecule has 4 N–H and O–H groups in total. The summed E-state index contributed by atoms with van der Waals surface area (Å²) in [6.45, 7) is 2.60. The molecular formula is C21H25FN4O4S. The number of halogens is 1. The van der Waals surface area contributed by atoms with Gasteiger partial charge in [0.25, 0.3) is 0 Å². The van der Waals surface area contributed by atoms with Crippen LogP contribution in [0, 0.1) is 11.7 Å². The van der Waals surface area contributed by atoms with Gasteiger partial charge in [-0.25, -0.2) is 12.8 Å². The number of rotatable bonds is 7. The lowest BCUT2D eigenvalue weighted by atomic mass is 9.96. The van der Waals surface area contributed by atoms with Gasteiger partial charge in [0.2, 0.25) is 21.8 Å². The summed E-state index contributed by atoms with van der Waals surface area (Å²) >= 11 is 0. The number of carbonyl (C=O) groups excluding carboxylic acids is 2. The number of benzene rings is 2. The molecule has 0 unspecified atom stereocenters. The summed E-state index contributed by atoms with van der Waals surface area (Å²) in [5.74, 6) is -1.95. The van der Waals surface area contributed by atoms with Gasteiger partial charge < -0.3 is 16.0 Å². The molecule has 10 heteroatoms. The summed E-state index contributed by atoms with van der Waals surface area (Å²) in [5, 5.41) is 2.74. The number of sulfonamides is 1. The molecule has 1 atom stereocenters. The summed E-state index contributed by atoms with van der Waals surface area (Å²) in [6, 6.07) is 11.0. The van der Waals surface area contributed by atoms with Crippen molar-refractivity contribution in [1.82, 2.24) is 4.72 Å². The third-order valence-electron chi connectivity index (χ3n) is 5.25. The van der Waals surface area contributed by atoms with E-state index in [0.29, 0.717) is 31.6 Å². The Hall–Kier alpha value is -2.98. The van der Waals surface area contributed by atoms with E-state index in [1.807, 2.05) is 17.0 Å². The first-order valence-corrected chi connectivity index (χ1v) is 11.4. The molecule has 1 fully saturated rings. The lowest BCUT2D eigenvalue weighted by Gasteiger charge is -2.33. The molecule has 0 radical (unpaired) electrons. The minimum atomic E-state index is -4.21. The molecular weight excluding hydrogens is 423 g/mol. The smallest absolute Gasteiger partial charge is 0.244 e. The van der Waals surface area contributed by atoms with E-state index >= 15 is 0 Å². The van der Waals surface area contributed by atoms with Crippen molar-refractivity contribution < 1.29 is 22.4 Å². The first-order valence-electron chi connectivity index (χ1n) is 9.90. The van der Waals surface area contributed by atoms with E-state index in [9.17, 15) is 22.4 Å². The SMILES string of the molecule is C[C@H](NS(=O)(=O)c1ccccc1F)C(=O)Nc1ccccc1N1CCC(C(N)=O)CC1. The van der Waals surface area contributed by atoms with Crippen LogP contribution in [-0.2, 0) is 19.6 Å². The van der Waals surface area contributed by atoms with Crippen LogP contribution < -0.4 is 20.7 Å². The molecule has 166 valence electrons. The van der Waals surface area contributed by atoms with Crippen molar-refractivity contribution in [2.75, 3.05) is 23.3 Å². The van der Waals surface area contributed by atoms with Crippen LogP contribution in [0.3, 0.4) is 0 Å². The molecule has 0 saturated carbocycles. The van der Waals surface area contributed by atoms with Crippen molar-refractivity contribution in [3.8, 4) is 0 Å². The van der Waals surface area contributed by atoms with E-state index in [1.165, 1.54) is 19.1 Å². The Morgan fingerprint density at radius 2 is 1.71 bits per heavy atom. The molecule has 0 aliphatic carbocycles. The monoisotopic (exact) mass is 448 g/mol. The molecule has 2 aromatic carbocycles. The van der Waals surface area contributed by atoms with E-state index in [1.54, 1.807) is 12.1 Å². The molecule has 1 aliphatic rings. The van der Waals surface area contributed by atoms with Gasteiger partial charge in [-0.1, -0.05) is 24.3 Å². The van der Waals surface area contributed by atoms with Gasteiger partial charge in [0.05, 0.1) is 17.4 Å². The molecule has 31 heavy (non-hydrogen) atoms. The van der Waals surface area contributed by atoms with E-state index in [-0.39, 0.29) is 11.8 Å². The summed E-state index contributed by atoms with van der Waals surface area (Å²) < 4.78 is 41.0. The van der Waals surface area contributed by atoms with Gasteiger partial charge in [-0.15, -0.1) is 0 Å². The lowest BCUT2D eigenvalue weighted by molar-refractivity contribution is -0.122. The number of nitrogens with one attached hydrogen (secondary N) is 2. The maximum absolute atomic E-state index is 13.9. The van der Waals surface area contributed by atoms with E-state index in [4.69, 9.17) is 5.73 Å². The number of amides is 2. The Bertz CT molecular complexity index is 1070. The molecule has 1 saturated heterocycles. The van der Waals surface area contributed by atoms with Crippen LogP contribution in [0.1, 0.15) is 19.8 Å². The highest BCUT2D eigenvalue weighted by Crippen LogP contribution is 2.30. The molecule has 3 rings (SSSR count). The van der Waals surface area contributed by atoms with Crippen molar-refractivity contribution in [3.05, 3.63) is 54.3 Å². The largest absolute Gasteiger partial charge is 0.370 e. The fourth-order valence-electron chi connectivity index (χ4n) is 3.51. The number of hydrogen-bond donors (Lipinski definition) is 3. The average molecular weight is 449 g/mol. The molecule has 0 aromatic heterocycles. The number of anilines is 2. The van der Waals surface area contributed by atoms with Crippen LogP contribution in [0.4, 0.5) is 15.8 Å². The first kappa shape index (κ1) is 22.7. The highest BCUT2D eigenvalue weighted by molar-refractivity contribution is 7.89. The molecule has 2 amide bonds. The third-order valence-corrected chi connectivity index (χ3v) is 6.83. The minimum absolute atomic E-state index is 0.161. The summed E-state index contributed by atoms with van der Waals surface area (Å²) in [4.78, 5) is 25.6. The van der Waals surface area contributed by atoms with Crippen LogP contribution in [0.25, 0.3) is 0 Å². The fraction of sp³-hybridized carbons (Fsp3) is 0.333. The molecule has 2 aromatic rings. The van der Waals surface area contributed by atoms with Gasteiger partial charge in [-0.2, -0.15) is 4.72 Å². The van der Waals surface area contributed by atoms with Crippen LogP contribution in [-0.4, -0.2) is 39.4 Å². The zero-order valence-electron chi connectivity index (χ0n) is 17.0. The molecule has 1 aliphatic heterocycles. The van der Waals surface area contributed by atoms with Crippen molar-refractivity contribution in [2.24, 2.45) is 11.7 Å². The molecule has 0 spiro atoms. The Morgan fingerprint density at radius 3 is 2.35 bits per heavy atom. The Kier molecular flexibility index (Phi) is 6.91. The number of carbonyl (C=O) groups is 2. The Morgan fingerprint density at radius 1 is 1.10 bits per heavy atom. The zero-order chi connectivity index (χ0) is 22.6. The van der Waals surface area contributed by atoms with Crippen LogP contribution in [0.5, 0.6) is 0 Å². The van der Waals surface area contributed by atoms with Gasteiger partial charge >= 0.3 is 0 Å². The van der Waals surface area contributed by atoms with Crippen molar-refractivity contribution >= 4 is 33.2 Å². The van der Waals surface area contributed by atoms with Gasteiger partial charge in [-0.05, 0) is 44.0 Å². The zero-order valence-corrected chi connectivity index (χ0v) is 17.9. The second kappa shape index (κ2) is 9.44. The van der Waals surface area contributed by atoms with Crippen molar-refractivity contribution in [2.45, 2.75) is 30.7 Å². The maximum atomic E-state index is 13.9. The predicted octanol–water partition coefficient (Wildman–Crippen LogP) is 1.83. The first-order chi connectivity index (χ1) is 14.7. The van der Waals surface area contributed by atoms with Gasteiger partial charge in [0.15, 0.2) is 0 Å². The average Bonchev–Trinajstić information content (AvgIpc) is 2.74. The normalized spacial score (nSPS) is 16.0. The molecule has 0 bridgehead atoms. The van der Waals surface area contributed by atoms with Gasteiger partial charge in [0.1, 0.15) is 10.7 Å². The Balaban J connectivity index is 1.70. The quantitative estimate of drug-likeness (QED) is 0.597. The van der Waals surface area contributed by atoms with Crippen LogP contribution in [0.15, 0.2) is 53.4 Å². The van der Waals surface area contributed by atoms with Crippen LogP contribution in [0.2, 0.25) is 0 Å². The van der Waals surface area contributed by atoms with E-state index in [2.05, 4.69) is 10.0 Å². The highest BCUT2D eigenvalue weighted by Gasteiger charge is 2.27. The fourth-order valence-corrected chi connectivity index (χ4v) is 4.80. The molecule has 8 nitrogen and oxygen atoms in total. The minimum Gasteiger partial charge on any atom is -0.370 e. The topological polar surface area (TPSA) is 122 Å². The second-order valence-corrected chi connectivity index (χ2v) is 9.13. The number of nitrogens with two attached hydrogens (primary N) is 1. The van der Waals surface area contributed by atoms with E-state index in [0.717, 1.165) is 17.8 Å². The number of hydrogen-bond acceptors (Lipinski definition) is 5. The highest BCUT2D eigenvalue weighted by atomic mass is 32.2. The Labute approximate surface area is 180 Å². The third kappa shape index (κ3) is 5.39. The predicted molar refractivity (Wildman–Crippen MR) is 115 cm³/mol. The summed E-state index contributed by atoms with van der Waals surface area (Å²) in [7, 11) is -4.21. The van der Waals surface area contributed by atoms with Gasteiger partial charge in [0, 0.05) is 19.0 Å².